The highest BCUT2D eigenvalue weighted by molar-refractivity contribution is 4.89. The molecule has 0 aromatic rings. The van der Waals surface area contributed by atoms with Crippen LogP contribution in [0, 0.1) is 17.8 Å². The van der Waals surface area contributed by atoms with Gasteiger partial charge in [-0.1, -0.05) is 25.0 Å². The van der Waals surface area contributed by atoms with Crippen molar-refractivity contribution in [2.24, 2.45) is 17.8 Å². The van der Waals surface area contributed by atoms with Crippen LogP contribution in [0.25, 0.3) is 0 Å². The summed E-state index contributed by atoms with van der Waals surface area (Å²) in [5.74, 6) is 2.92. The SMILES string of the molecule is CC=CC1CCC(CCC2CCC(OC)CC2)CC1. The largest absolute Gasteiger partial charge is 0.381 e. The molecule has 19 heavy (non-hydrogen) atoms. The summed E-state index contributed by atoms with van der Waals surface area (Å²) < 4.78 is 5.46. The normalized spacial score (nSPS) is 36.7. The summed E-state index contributed by atoms with van der Waals surface area (Å²) in [5, 5.41) is 0. The van der Waals surface area contributed by atoms with Crippen molar-refractivity contribution in [1.82, 2.24) is 0 Å². The Morgan fingerprint density at radius 1 is 0.842 bits per heavy atom. The van der Waals surface area contributed by atoms with Crippen molar-refractivity contribution in [3.63, 3.8) is 0 Å². The van der Waals surface area contributed by atoms with Crippen LogP contribution in [0.5, 0.6) is 0 Å². The van der Waals surface area contributed by atoms with Gasteiger partial charge >= 0.3 is 0 Å². The average Bonchev–Trinajstić information content (AvgIpc) is 2.47. The molecule has 2 rings (SSSR count). The van der Waals surface area contributed by atoms with E-state index in [4.69, 9.17) is 4.74 Å². The molecule has 0 spiro atoms. The second-order valence-electron chi connectivity index (χ2n) is 6.76. The smallest absolute Gasteiger partial charge is 0.0571 e. The molecule has 0 aromatic carbocycles. The molecule has 0 amide bonds. The Labute approximate surface area is 119 Å². The third kappa shape index (κ3) is 4.95. The van der Waals surface area contributed by atoms with E-state index in [1.165, 1.54) is 64.2 Å². The Bertz CT molecular complexity index is 255. The maximum Gasteiger partial charge on any atom is 0.0571 e. The Morgan fingerprint density at radius 2 is 1.37 bits per heavy atom. The van der Waals surface area contributed by atoms with Crippen LogP contribution < -0.4 is 0 Å². The van der Waals surface area contributed by atoms with Crippen molar-refractivity contribution < 1.29 is 4.74 Å². The van der Waals surface area contributed by atoms with Crippen LogP contribution >= 0.6 is 0 Å². The van der Waals surface area contributed by atoms with E-state index in [0.717, 1.165) is 17.8 Å². The number of allylic oxidation sites excluding steroid dienone is 2. The molecule has 2 aliphatic carbocycles. The van der Waals surface area contributed by atoms with Crippen LogP contribution in [-0.4, -0.2) is 13.2 Å². The molecule has 0 unspecified atom stereocenters. The zero-order valence-corrected chi connectivity index (χ0v) is 12.9. The number of ether oxygens (including phenoxy) is 1. The zero-order valence-electron chi connectivity index (χ0n) is 12.9. The minimum Gasteiger partial charge on any atom is -0.381 e. The first-order chi connectivity index (χ1) is 9.31. The summed E-state index contributed by atoms with van der Waals surface area (Å²) in [6.45, 7) is 2.16. The minimum atomic E-state index is 0.563. The van der Waals surface area contributed by atoms with Crippen LogP contribution in [0.15, 0.2) is 12.2 Å². The highest BCUT2D eigenvalue weighted by atomic mass is 16.5. The molecule has 0 bridgehead atoms. The van der Waals surface area contributed by atoms with E-state index in [-0.39, 0.29) is 0 Å². The Hall–Kier alpha value is -0.300. The van der Waals surface area contributed by atoms with Crippen molar-refractivity contribution in [3.8, 4) is 0 Å². The fourth-order valence-electron chi connectivity index (χ4n) is 4.07. The molecule has 0 saturated heterocycles. The topological polar surface area (TPSA) is 9.23 Å². The number of methoxy groups -OCH3 is 1. The Kier molecular flexibility index (Phi) is 6.43. The molecule has 2 aliphatic rings. The van der Waals surface area contributed by atoms with Gasteiger partial charge in [-0.25, -0.2) is 0 Å². The molecular weight excluding hydrogens is 232 g/mol. The maximum atomic E-state index is 5.46. The third-order valence-electron chi connectivity index (χ3n) is 5.47. The van der Waals surface area contributed by atoms with Gasteiger partial charge in [-0.3, -0.25) is 0 Å². The van der Waals surface area contributed by atoms with Gasteiger partial charge in [0.1, 0.15) is 0 Å². The summed E-state index contributed by atoms with van der Waals surface area (Å²) >= 11 is 0. The minimum absolute atomic E-state index is 0.563. The monoisotopic (exact) mass is 264 g/mol. The van der Waals surface area contributed by atoms with E-state index in [1.807, 2.05) is 7.11 Å². The van der Waals surface area contributed by atoms with Gasteiger partial charge in [0.2, 0.25) is 0 Å². The lowest BCUT2D eigenvalue weighted by Crippen LogP contribution is -2.21. The zero-order chi connectivity index (χ0) is 13.5. The second-order valence-corrected chi connectivity index (χ2v) is 6.76. The lowest BCUT2D eigenvalue weighted by molar-refractivity contribution is 0.0541. The van der Waals surface area contributed by atoms with Crippen LogP contribution in [0.2, 0.25) is 0 Å². The van der Waals surface area contributed by atoms with Gasteiger partial charge in [0, 0.05) is 7.11 Å². The summed E-state index contributed by atoms with van der Waals surface area (Å²) in [5.41, 5.74) is 0. The molecule has 0 aromatic heterocycles. The molecule has 1 nitrogen and oxygen atoms in total. The lowest BCUT2D eigenvalue weighted by Gasteiger charge is -2.31. The first-order valence-corrected chi connectivity index (χ1v) is 8.47. The van der Waals surface area contributed by atoms with Crippen molar-refractivity contribution in [2.75, 3.05) is 7.11 Å². The number of rotatable bonds is 5. The first-order valence-electron chi connectivity index (χ1n) is 8.47. The van der Waals surface area contributed by atoms with Gasteiger partial charge < -0.3 is 4.74 Å². The van der Waals surface area contributed by atoms with E-state index in [2.05, 4.69) is 19.1 Å². The Balaban J connectivity index is 1.59. The van der Waals surface area contributed by atoms with Gasteiger partial charge in [-0.2, -0.15) is 0 Å². The van der Waals surface area contributed by atoms with E-state index in [1.54, 1.807) is 0 Å². The molecule has 0 aliphatic heterocycles. The second kappa shape index (κ2) is 8.09. The quantitative estimate of drug-likeness (QED) is 0.608. The standard InChI is InChI=1S/C18H32O/c1-3-4-15-5-7-16(8-6-15)9-10-17-11-13-18(19-2)14-12-17/h3-4,15-18H,5-14H2,1-2H3. The predicted octanol–water partition coefficient (Wildman–Crippen LogP) is 5.35. The van der Waals surface area contributed by atoms with E-state index < -0.39 is 0 Å². The first kappa shape index (κ1) is 15.1. The van der Waals surface area contributed by atoms with Crippen LogP contribution in [-0.2, 0) is 4.74 Å². The molecule has 0 atom stereocenters. The van der Waals surface area contributed by atoms with E-state index in [0.29, 0.717) is 6.10 Å². The van der Waals surface area contributed by atoms with Gasteiger partial charge in [-0.05, 0) is 76.0 Å². The van der Waals surface area contributed by atoms with Gasteiger partial charge in [-0.15, -0.1) is 0 Å². The maximum absolute atomic E-state index is 5.46. The highest BCUT2D eigenvalue weighted by Gasteiger charge is 2.23. The van der Waals surface area contributed by atoms with E-state index >= 15 is 0 Å². The van der Waals surface area contributed by atoms with Crippen molar-refractivity contribution in [1.29, 1.82) is 0 Å². The van der Waals surface area contributed by atoms with E-state index in [9.17, 15) is 0 Å². The molecule has 2 fully saturated rings. The molecule has 1 heteroatoms. The summed E-state index contributed by atoms with van der Waals surface area (Å²) in [7, 11) is 1.87. The lowest BCUT2D eigenvalue weighted by atomic mass is 9.77. The predicted molar refractivity (Wildman–Crippen MR) is 82.3 cm³/mol. The van der Waals surface area contributed by atoms with Gasteiger partial charge in [0.25, 0.3) is 0 Å². The van der Waals surface area contributed by atoms with Crippen molar-refractivity contribution >= 4 is 0 Å². The molecular formula is C18H32O. The van der Waals surface area contributed by atoms with Crippen LogP contribution in [0.1, 0.15) is 71.1 Å². The third-order valence-corrected chi connectivity index (χ3v) is 5.47. The highest BCUT2D eigenvalue weighted by Crippen LogP contribution is 2.35. The molecule has 110 valence electrons. The van der Waals surface area contributed by atoms with Crippen LogP contribution in [0.3, 0.4) is 0 Å². The van der Waals surface area contributed by atoms with Gasteiger partial charge in [0.15, 0.2) is 0 Å². The number of hydrogen-bond acceptors (Lipinski definition) is 1. The fourth-order valence-corrected chi connectivity index (χ4v) is 4.07. The number of hydrogen-bond donors (Lipinski definition) is 0. The van der Waals surface area contributed by atoms with Crippen LogP contribution in [0.4, 0.5) is 0 Å². The molecule has 0 heterocycles. The van der Waals surface area contributed by atoms with Crippen molar-refractivity contribution in [2.45, 2.75) is 77.2 Å². The Morgan fingerprint density at radius 3 is 1.84 bits per heavy atom. The summed E-state index contributed by atoms with van der Waals surface area (Å²) in [4.78, 5) is 0. The molecule has 0 N–H and O–H groups in total. The average molecular weight is 264 g/mol. The van der Waals surface area contributed by atoms with Crippen molar-refractivity contribution in [3.05, 3.63) is 12.2 Å². The molecule has 2 saturated carbocycles. The fraction of sp³-hybridized carbons (Fsp3) is 0.889. The summed E-state index contributed by atoms with van der Waals surface area (Å²) in [6.07, 6.45) is 19.4. The molecule has 0 radical (unpaired) electrons. The summed E-state index contributed by atoms with van der Waals surface area (Å²) in [6, 6.07) is 0. The van der Waals surface area contributed by atoms with Gasteiger partial charge in [0.05, 0.1) is 6.10 Å².